The second-order valence-corrected chi connectivity index (χ2v) is 8.59. The van der Waals surface area contributed by atoms with Crippen molar-refractivity contribution in [3.63, 3.8) is 0 Å². The number of rotatable bonds is 8. The van der Waals surface area contributed by atoms with Crippen molar-refractivity contribution in [2.75, 3.05) is 13.1 Å². The van der Waals surface area contributed by atoms with E-state index >= 15 is 0 Å². The highest BCUT2D eigenvalue weighted by Crippen LogP contribution is 2.22. The lowest BCUT2D eigenvalue weighted by Crippen LogP contribution is -2.32. The number of nitrogens with zero attached hydrogens (tertiary/aromatic N) is 1. The van der Waals surface area contributed by atoms with Crippen LogP contribution in [-0.2, 0) is 10.0 Å². The Labute approximate surface area is 170 Å². The lowest BCUT2D eigenvalue weighted by atomic mass is 10.0. The van der Waals surface area contributed by atoms with Gasteiger partial charge in [-0.15, -0.1) is 0 Å². The Morgan fingerprint density at radius 2 is 1.71 bits per heavy atom. The van der Waals surface area contributed by atoms with Crippen LogP contribution in [0.25, 0.3) is 0 Å². The molecular formula is C20H24ClFN2O3S. The minimum Gasteiger partial charge on any atom is -0.345 e. The van der Waals surface area contributed by atoms with Gasteiger partial charge in [0.25, 0.3) is 5.91 Å². The molecule has 152 valence electrons. The molecule has 0 aliphatic carbocycles. The molecule has 0 aliphatic heterocycles. The van der Waals surface area contributed by atoms with Crippen LogP contribution in [0.1, 0.15) is 49.2 Å². The van der Waals surface area contributed by atoms with Gasteiger partial charge in [0, 0.05) is 18.1 Å². The molecule has 0 bridgehead atoms. The standard InChI is InChI=1S/C20H24ClFN2O3S/c1-4-19(14-7-9-15(21)10-8-14)23-20(25)17-13-16(11-12-18(17)22)28(26,27)24(5-2)6-3/h7-13,19H,4-6H2,1-3H3,(H,23,25). The van der Waals surface area contributed by atoms with Gasteiger partial charge < -0.3 is 5.32 Å². The number of nitrogens with one attached hydrogen (secondary N) is 1. The first-order valence-electron chi connectivity index (χ1n) is 9.10. The van der Waals surface area contributed by atoms with Crippen molar-refractivity contribution in [3.05, 3.63) is 64.4 Å². The lowest BCUT2D eigenvalue weighted by molar-refractivity contribution is 0.0931. The molecule has 0 saturated heterocycles. The Hall–Kier alpha value is -1.96. The van der Waals surface area contributed by atoms with Gasteiger partial charge in [-0.2, -0.15) is 4.31 Å². The summed E-state index contributed by atoms with van der Waals surface area (Å²) in [4.78, 5) is 12.6. The summed E-state index contributed by atoms with van der Waals surface area (Å²) in [5, 5.41) is 3.34. The minimum absolute atomic E-state index is 0.109. The van der Waals surface area contributed by atoms with Gasteiger partial charge in [0.05, 0.1) is 16.5 Å². The molecule has 2 aromatic carbocycles. The smallest absolute Gasteiger partial charge is 0.254 e. The van der Waals surface area contributed by atoms with E-state index in [9.17, 15) is 17.6 Å². The minimum atomic E-state index is -3.79. The van der Waals surface area contributed by atoms with Crippen LogP contribution < -0.4 is 5.32 Å². The summed E-state index contributed by atoms with van der Waals surface area (Å²) in [7, 11) is -3.79. The predicted molar refractivity (Wildman–Crippen MR) is 108 cm³/mol. The maximum atomic E-state index is 14.3. The third kappa shape index (κ3) is 4.90. The third-order valence-corrected chi connectivity index (χ3v) is 6.81. The molecule has 1 amide bonds. The third-order valence-electron chi connectivity index (χ3n) is 4.51. The molecule has 0 saturated carbocycles. The first kappa shape index (κ1) is 22.3. The van der Waals surface area contributed by atoms with E-state index in [1.165, 1.54) is 10.4 Å². The van der Waals surface area contributed by atoms with Crippen LogP contribution in [0.15, 0.2) is 47.4 Å². The SMILES string of the molecule is CCC(NC(=O)c1cc(S(=O)(=O)N(CC)CC)ccc1F)c1ccc(Cl)cc1. The fourth-order valence-corrected chi connectivity index (χ4v) is 4.51. The van der Waals surface area contributed by atoms with E-state index in [1.807, 2.05) is 6.92 Å². The van der Waals surface area contributed by atoms with E-state index in [0.717, 1.165) is 17.7 Å². The summed E-state index contributed by atoms with van der Waals surface area (Å²) < 4.78 is 40.9. The second kappa shape index (κ2) is 9.49. The summed E-state index contributed by atoms with van der Waals surface area (Å²) >= 11 is 5.89. The average molecular weight is 427 g/mol. The Morgan fingerprint density at radius 1 is 1.11 bits per heavy atom. The number of benzene rings is 2. The molecule has 0 radical (unpaired) electrons. The monoisotopic (exact) mass is 426 g/mol. The first-order chi connectivity index (χ1) is 13.2. The number of hydrogen-bond acceptors (Lipinski definition) is 3. The number of halogens is 2. The highest BCUT2D eigenvalue weighted by atomic mass is 35.5. The van der Waals surface area contributed by atoms with Crippen LogP contribution in [0.2, 0.25) is 5.02 Å². The van der Waals surface area contributed by atoms with E-state index in [0.29, 0.717) is 11.4 Å². The van der Waals surface area contributed by atoms with Gasteiger partial charge >= 0.3 is 0 Å². The van der Waals surface area contributed by atoms with E-state index < -0.39 is 21.7 Å². The maximum Gasteiger partial charge on any atom is 0.254 e. The number of carbonyl (C=O) groups excluding carboxylic acids is 1. The molecule has 2 aromatic rings. The zero-order valence-corrected chi connectivity index (χ0v) is 17.6. The zero-order chi connectivity index (χ0) is 20.9. The fourth-order valence-electron chi connectivity index (χ4n) is 2.90. The van der Waals surface area contributed by atoms with Crippen LogP contribution in [0.3, 0.4) is 0 Å². The summed E-state index contributed by atoms with van der Waals surface area (Å²) in [5.74, 6) is -1.45. The van der Waals surface area contributed by atoms with E-state index in [2.05, 4.69) is 5.32 Å². The molecule has 0 aromatic heterocycles. The van der Waals surface area contributed by atoms with Gasteiger partial charge in [0.1, 0.15) is 5.82 Å². The van der Waals surface area contributed by atoms with Crippen LogP contribution >= 0.6 is 11.6 Å². The van der Waals surface area contributed by atoms with Gasteiger partial charge in [0.2, 0.25) is 10.0 Å². The molecule has 5 nitrogen and oxygen atoms in total. The van der Waals surface area contributed by atoms with Crippen molar-refractivity contribution in [1.29, 1.82) is 0 Å². The number of sulfonamides is 1. The van der Waals surface area contributed by atoms with E-state index in [4.69, 9.17) is 11.6 Å². The van der Waals surface area contributed by atoms with Gasteiger partial charge in [-0.25, -0.2) is 12.8 Å². The fraction of sp³-hybridized carbons (Fsp3) is 0.350. The van der Waals surface area contributed by atoms with Crippen molar-refractivity contribution in [3.8, 4) is 0 Å². The van der Waals surface area contributed by atoms with Crippen molar-refractivity contribution < 1.29 is 17.6 Å². The Bertz CT molecular complexity index is 929. The first-order valence-corrected chi connectivity index (χ1v) is 10.9. The van der Waals surface area contributed by atoms with Gasteiger partial charge in [-0.3, -0.25) is 4.79 Å². The van der Waals surface area contributed by atoms with Gasteiger partial charge in [0.15, 0.2) is 0 Å². The quantitative estimate of drug-likeness (QED) is 0.680. The van der Waals surface area contributed by atoms with Crippen LogP contribution in [-0.4, -0.2) is 31.7 Å². The number of amides is 1. The van der Waals surface area contributed by atoms with Gasteiger partial charge in [-0.05, 0) is 42.3 Å². The van der Waals surface area contributed by atoms with Gasteiger partial charge in [-0.1, -0.05) is 44.5 Å². The molecule has 1 unspecified atom stereocenters. The van der Waals surface area contributed by atoms with Crippen LogP contribution in [0, 0.1) is 5.82 Å². The van der Waals surface area contributed by atoms with Crippen molar-refractivity contribution in [2.24, 2.45) is 0 Å². The molecule has 8 heteroatoms. The number of carbonyl (C=O) groups is 1. The molecule has 1 atom stereocenters. The molecule has 0 heterocycles. The number of hydrogen-bond donors (Lipinski definition) is 1. The molecule has 28 heavy (non-hydrogen) atoms. The maximum absolute atomic E-state index is 14.3. The molecule has 0 aliphatic rings. The van der Waals surface area contributed by atoms with E-state index in [1.54, 1.807) is 38.1 Å². The normalized spacial score (nSPS) is 12.8. The Morgan fingerprint density at radius 3 is 2.25 bits per heavy atom. The highest BCUT2D eigenvalue weighted by molar-refractivity contribution is 7.89. The zero-order valence-electron chi connectivity index (χ0n) is 16.1. The van der Waals surface area contributed by atoms with Crippen molar-refractivity contribution in [2.45, 2.75) is 38.1 Å². The second-order valence-electron chi connectivity index (χ2n) is 6.22. The molecule has 0 spiro atoms. The highest BCUT2D eigenvalue weighted by Gasteiger charge is 2.25. The Balaban J connectivity index is 2.33. The van der Waals surface area contributed by atoms with Crippen molar-refractivity contribution >= 4 is 27.5 Å². The lowest BCUT2D eigenvalue weighted by Gasteiger charge is -2.20. The molecular weight excluding hydrogens is 403 g/mol. The van der Waals surface area contributed by atoms with E-state index in [-0.39, 0.29) is 29.6 Å². The van der Waals surface area contributed by atoms with Crippen molar-refractivity contribution in [1.82, 2.24) is 9.62 Å². The summed E-state index contributed by atoms with van der Waals surface area (Å²) in [6.45, 7) is 5.89. The largest absolute Gasteiger partial charge is 0.345 e. The topological polar surface area (TPSA) is 66.5 Å². The van der Waals surface area contributed by atoms with Crippen LogP contribution in [0.4, 0.5) is 4.39 Å². The summed E-state index contributed by atoms with van der Waals surface area (Å²) in [6, 6.07) is 9.92. The van der Waals surface area contributed by atoms with Crippen LogP contribution in [0.5, 0.6) is 0 Å². The Kier molecular flexibility index (Phi) is 7.57. The summed E-state index contributed by atoms with van der Waals surface area (Å²) in [6.07, 6.45) is 0.576. The predicted octanol–water partition coefficient (Wildman–Crippen LogP) is 4.39. The molecule has 1 N–H and O–H groups in total. The average Bonchev–Trinajstić information content (AvgIpc) is 2.67. The molecule has 0 fully saturated rings. The molecule has 2 rings (SSSR count). The summed E-state index contributed by atoms with van der Waals surface area (Å²) in [5.41, 5.74) is 0.522.